The Bertz CT molecular complexity index is 725. The SMILES string of the molecule is NC1CCc2ccc([N+]3(c4cccc(Cl)c4)CCOCC3)cc21. The largest absolute Gasteiger partial charge is 0.370 e. The Morgan fingerprint density at radius 1 is 1.04 bits per heavy atom. The van der Waals surface area contributed by atoms with E-state index in [0.717, 1.165) is 48.7 Å². The number of aryl methyl sites for hydroxylation is 1. The van der Waals surface area contributed by atoms with Gasteiger partial charge in [0.2, 0.25) is 0 Å². The molecule has 1 saturated heterocycles. The summed E-state index contributed by atoms with van der Waals surface area (Å²) in [6.07, 6.45) is 2.15. The Morgan fingerprint density at radius 2 is 1.83 bits per heavy atom. The van der Waals surface area contributed by atoms with Crippen molar-refractivity contribution >= 4 is 23.0 Å². The second kappa shape index (κ2) is 5.91. The molecule has 1 unspecified atom stereocenters. The van der Waals surface area contributed by atoms with E-state index < -0.39 is 0 Å². The quantitative estimate of drug-likeness (QED) is 0.847. The molecule has 1 aliphatic carbocycles. The molecule has 1 fully saturated rings. The third-order valence-corrected chi connectivity index (χ3v) is 5.52. The molecule has 120 valence electrons. The highest BCUT2D eigenvalue weighted by Gasteiger charge is 2.37. The Morgan fingerprint density at radius 3 is 2.61 bits per heavy atom. The molecule has 2 aliphatic rings. The third-order valence-electron chi connectivity index (χ3n) is 5.28. The van der Waals surface area contributed by atoms with Gasteiger partial charge >= 0.3 is 0 Å². The number of hydrogen-bond acceptors (Lipinski definition) is 2. The minimum atomic E-state index is 0.172. The Kier molecular flexibility index (Phi) is 3.90. The van der Waals surface area contributed by atoms with Gasteiger partial charge in [-0.25, -0.2) is 0 Å². The van der Waals surface area contributed by atoms with Crippen LogP contribution in [0.15, 0.2) is 42.5 Å². The van der Waals surface area contributed by atoms with E-state index in [2.05, 4.69) is 30.3 Å². The number of nitrogens with two attached hydrogens (primary N) is 1. The molecule has 4 rings (SSSR count). The minimum absolute atomic E-state index is 0.172. The lowest BCUT2D eigenvalue weighted by molar-refractivity contribution is 0.0641. The summed E-state index contributed by atoms with van der Waals surface area (Å²) < 4.78 is 6.43. The summed E-state index contributed by atoms with van der Waals surface area (Å²) in [7, 11) is 0. The van der Waals surface area contributed by atoms with E-state index in [1.165, 1.54) is 22.5 Å². The van der Waals surface area contributed by atoms with E-state index >= 15 is 0 Å². The van der Waals surface area contributed by atoms with Crippen LogP contribution in [0.5, 0.6) is 0 Å². The second-order valence-electron chi connectivity index (χ2n) is 6.54. The second-order valence-corrected chi connectivity index (χ2v) is 6.97. The van der Waals surface area contributed by atoms with Gasteiger partial charge < -0.3 is 10.5 Å². The maximum absolute atomic E-state index is 6.30. The summed E-state index contributed by atoms with van der Waals surface area (Å²) in [5.41, 5.74) is 11.5. The number of hydrogen-bond donors (Lipinski definition) is 1. The van der Waals surface area contributed by atoms with Gasteiger partial charge in [0, 0.05) is 23.2 Å². The van der Waals surface area contributed by atoms with Crippen molar-refractivity contribution in [3.8, 4) is 0 Å². The van der Waals surface area contributed by atoms with Gasteiger partial charge in [0.15, 0.2) is 0 Å². The summed E-state index contributed by atoms with van der Waals surface area (Å²) in [5.74, 6) is 0. The molecule has 2 N–H and O–H groups in total. The average Bonchev–Trinajstić information content (AvgIpc) is 2.96. The number of fused-ring (bicyclic) bond motifs is 1. The number of quaternary nitrogens is 1. The van der Waals surface area contributed by atoms with Crippen molar-refractivity contribution in [2.75, 3.05) is 26.3 Å². The first kappa shape index (κ1) is 15.2. The summed E-state index contributed by atoms with van der Waals surface area (Å²) >= 11 is 6.27. The Hall–Kier alpha value is -1.39. The molecule has 0 radical (unpaired) electrons. The van der Waals surface area contributed by atoms with Gasteiger partial charge in [-0.2, -0.15) is 0 Å². The van der Waals surface area contributed by atoms with Gasteiger partial charge in [0.1, 0.15) is 24.5 Å². The van der Waals surface area contributed by atoms with Crippen LogP contribution in [0.25, 0.3) is 0 Å². The molecule has 2 aromatic rings. The molecule has 0 amide bonds. The molecule has 0 spiro atoms. The van der Waals surface area contributed by atoms with E-state index in [0.29, 0.717) is 0 Å². The van der Waals surface area contributed by atoms with Crippen LogP contribution >= 0.6 is 11.6 Å². The highest BCUT2D eigenvalue weighted by atomic mass is 35.5. The van der Waals surface area contributed by atoms with Crippen molar-refractivity contribution in [2.45, 2.75) is 18.9 Å². The highest BCUT2D eigenvalue weighted by Crippen LogP contribution is 2.40. The number of nitrogens with zero attached hydrogens (tertiary/aromatic N) is 1. The van der Waals surface area contributed by atoms with E-state index in [4.69, 9.17) is 22.1 Å². The first-order valence-corrected chi connectivity index (χ1v) is 8.67. The fourth-order valence-corrected chi connectivity index (χ4v) is 4.13. The third kappa shape index (κ3) is 2.58. The molecule has 0 aromatic heterocycles. The van der Waals surface area contributed by atoms with Crippen molar-refractivity contribution in [2.24, 2.45) is 5.73 Å². The summed E-state index contributed by atoms with van der Waals surface area (Å²) in [6.45, 7) is 3.37. The lowest BCUT2D eigenvalue weighted by atomic mass is 10.0. The van der Waals surface area contributed by atoms with Crippen molar-refractivity contribution in [1.82, 2.24) is 4.48 Å². The Labute approximate surface area is 142 Å². The predicted molar refractivity (Wildman–Crippen MR) is 95.2 cm³/mol. The zero-order chi connectivity index (χ0) is 15.9. The molecule has 1 heterocycles. The van der Waals surface area contributed by atoms with Gasteiger partial charge in [-0.3, -0.25) is 4.48 Å². The van der Waals surface area contributed by atoms with Crippen LogP contribution in [-0.4, -0.2) is 26.3 Å². The van der Waals surface area contributed by atoms with Gasteiger partial charge in [-0.05, 0) is 42.2 Å². The molecule has 0 saturated carbocycles. The maximum Gasteiger partial charge on any atom is 0.139 e. The fraction of sp³-hybridized carbons (Fsp3) is 0.368. The van der Waals surface area contributed by atoms with Crippen molar-refractivity contribution in [3.05, 3.63) is 58.6 Å². The van der Waals surface area contributed by atoms with Crippen molar-refractivity contribution in [3.63, 3.8) is 0 Å². The predicted octanol–water partition coefficient (Wildman–Crippen LogP) is 3.96. The van der Waals surface area contributed by atoms with Gasteiger partial charge in [-0.1, -0.05) is 23.7 Å². The molecular weight excluding hydrogens is 308 g/mol. The van der Waals surface area contributed by atoms with E-state index in [-0.39, 0.29) is 6.04 Å². The topological polar surface area (TPSA) is 35.2 Å². The zero-order valence-corrected chi connectivity index (χ0v) is 13.9. The van der Waals surface area contributed by atoms with Gasteiger partial charge in [-0.15, -0.1) is 0 Å². The first-order chi connectivity index (χ1) is 11.2. The summed E-state index contributed by atoms with van der Waals surface area (Å²) in [5, 5.41) is 0.782. The normalized spacial score (nSPS) is 22.8. The van der Waals surface area contributed by atoms with E-state index in [9.17, 15) is 0 Å². The highest BCUT2D eigenvalue weighted by molar-refractivity contribution is 6.30. The molecule has 4 heteroatoms. The van der Waals surface area contributed by atoms with Crippen LogP contribution in [0.4, 0.5) is 11.4 Å². The number of rotatable bonds is 2. The summed E-state index contributed by atoms with van der Waals surface area (Å²) in [6, 6.07) is 15.2. The minimum Gasteiger partial charge on any atom is -0.370 e. The van der Waals surface area contributed by atoms with Gasteiger partial charge in [0.05, 0.1) is 13.2 Å². The standard InChI is InChI=1S/C19H22ClN2O/c20-15-2-1-3-16(12-15)22(8-10-23-11-9-22)17-6-4-14-5-7-19(21)18(14)13-17/h1-4,6,12-13,19H,5,7-11,21H2/q+1. The van der Waals surface area contributed by atoms with Crippen molar-refractivity contribution < 1.29 is 4.74 Å². The fourth-order valence-electron chi connectivity index (χ4n) is 3.95. The molecular formula is C19H22ClN2O+. The van der Waals surface area contributed by atoms with Crippen LogP contribution in [0.3, 0.4) is 0 Å². The van der Waals surface area contributed by atoms with E-state index in [1.807, 2.05) is 12.1 Å². The van der Waals surface area contributed by atoms with Crippen LogP contribution in [0.1, 0.15) is 23.6 Å². The molecule has 3 nitrogen and oxygen atoms in total. The van der Waals surface area contributed by atoms with E-state index in [1.54, 1.807) is 0 Å². The first-order valence-electron chi connectivity index (χ1n) is 8.29. The molecule has 2 aromatic carbocycles. The van der Waals surface area contributed by atoms with Crippen LogP contribution in [-0.2, 0) is 11.2 Å². The number of benzene rings is 2. The number of ether oxygens (including phenoxy) is 1. The molecule has 1 aliphatic heterocycles. The number of morpholine rings is 1. The Balaban J connectivity index is 1.85. The van der Waals surface area contributed by atoms with Crippen LogP contribution in [0, 0.1) is 0 Å². The van der Waals surface area contributed by atoms with Gasteiger partial charge in [0.25, 0.3) is 0 Å². The molecule has 23 heavy (non-hydrogen) atoms. The van der Waals surface area contributed by atoms with Crippen LogP contribution < -0.4 is 10.2 Å². The molecule has 0 bridgehead atoms. The van der Waals surface area contributed by atoms with Crippen LogP contribution in [0.2, 0.25) is 5.02 Å². The number of halogens is 1. The lowest BCUT2D eigenvalue weighted by Crippen LogP contribution is -2.52. The average molecular weight is 330 g/mol. The maximum atomic E-state index is 6.30. The smallest absolute Gasteiger partial charge is 0.139 e. The lowest BCUT2D eigenvalue weighted by Gasteiger charge is -2.40. The van der Waals surface area contributed by atoms with Crippen molar-refractivity contribution in [1.29, 1.82) is 0 Å². The summed E-state index contributed by atoms with van der Waals surface area (Å²) in [4.78, 5) is 0. The zero-order valence-electron chi connectivity index (χ0n) is 13.2. The molecule has 1 atom stereocenters. The monoisotopic (exact) mass is 329 g/mol.